The van der Waals surface area contributed by atoms with E-state index in [9.17, 15) is 19.2 Å². The van der Waals surface area contributed by atoms with Gasteiger partial charge in [0.25, 0.3) is 0 Å². The second kappa shape index (κ2) is 7.59. The number of ether oxygens (including phenoxy) is 1. The molecule has 3 aromatic rings. The summed E-state index contributed by atoms with van der Waals surface area (Å²) < 4.78 is 6.28. The zero-order valence-electron chi connectivity index (χ0n) is 18.3. The summed E-state index contributed by atoms with van der Waals surface area (Å²) in [6.45, 7) is 1.88. The Kier molecular flexibility index (Phi) is 4.81. The number of hydrogen-bond donors (Lipinski definition) is 0. The van der Waals surface area contributed by atoms with E-state index >= 15 is 0 Å². The van der Waals surface area contributed by atoms with Crippen molar-refractivity contribution in [1.29, 1.82) is 0 Å². The van der Waals surface area contributed by atoms with Gasteiger partial charge in [-0.05, 0) is 30.7 Å². The van der Waals surface area contributed by atoms with Crippen LogP contribution in [0, 0.1) is 18.8 Å². The van der Waals surface area contributed by atoms with Gasteiger partial charge in [-0.25, -0.2) is 4.90 Å². The number of hydrogen-bond acceptors (Lipinski definition) is 5. The molecular weight excluding hydrogens is 489 g/mol. The molecule has 6 nitrogen and oxygen atoms in total. The summed E-state index contributed by atoms with van der Waals surface area (Å²) >= 11 is 12.4. The second-order valence-electron chi connectivity index (χ2n) is 9.00. The van der Waals surface area contributed by atoms with Crippen LogP contribution in [-0.2, 0) is 14.3 Å². The topological polar surface area (TPSA) is 80.8 Å². The van der Waals surface area contributed by atoms with Gasteiger partial charge in [0.05, 0.1) is 28.6 Å². The summed E-state index contributed by atoms with van der Waals surface area (Å²) in [5, 5.41) is 0.445. The minimum absolute atomic E-state index is 0.105. The quantitative estimate of drug-likeness (QED) is 0.361. The number of ketones is 2. The van der Waals surface area contributed by atoms with Crippen LogP contribution in [0.5, 0.6) is 0 Å². The van der Waals surface area contributed by atoms with Crippen molar-refractivity contribution in [3.05, 3.63) is 99.0 Å². The van der Waals surface area contributed by atoms with Crippen LogP contribution in [-0.4, -0.2) is 29.0 Å². The van der Waals surface area contributed by atoms with Crippen molar-refractivity contribution in [2.75, 3.05) is 4.90 Å². The number of carbonyl (C=O) groups is 4. The molecule has 0 N–H and O–H groups in total. The molecule has 35 heavy (non-hydrogen) atoms. The lowest BCUT2D eigenvalue weighted by atomic mass is 9.77. The fourth-order valence-corrected chi connectivity index (χ4v) is 6.06. The minimum Gasteiger partial charge on any atom is -0.349 e. The molecule has 0 aromatic heterocycles. The summed E-state index contributed by atoms with van der Waals surface area (Å²) in [5.74, 6) is -4.90. The fraction of sp³-hybridized carbons (Fsp3) is 0.185. The van der Waals surface area contributed by atoms with Crippen molar-refractivity contribution in [3.8, 4) is 0 Å². The number of amides is 2. The first-order chi connectivity index (χ1) is 16.8. The highest BCUT2D eigenvalue weighted by molar-refractivity contribution is 6.40. The predicted octanol–water partition coefficient (Wildman–Crippen LogP) is 5.00. The Labute approximate surface area is 210 Å². The highest BCUT2D eigenvalue weighted by atomic mass is 35.5. The van der Waals surface area contributed by atoms with E-state index in [1.54, 1.807) is 24.3 Å². The number of Topliss-reactive ketones (excluding diaryl/α,β-unsaturated/α-hetero) is 2. The summed E-state index contributed by atoms with van der Waals surface area (Å²) in [4.78, 5) is 56.2. The van der Waals surface area contributed by atoms with Gasteiger partial charge in [0.15, 0.2) is 0 Å². The molecule has 2 amide bonds. The molecule has 1 aliphatic carbocycles. The molecule has 0 unspecified atom stereocenters. The van der Waals surface area contributed by atoms with E-state index in [0.29, 0.717) is 10.6 Å². The first-order valence-electron chi connectivity index (χ1n) is 11.0. The largest absolute Gasteiger partial charge is 0.349 e. The molecule has 2 heterocycles. The molecule has 3 aliphatic rings. The van der Waals surface area contributed by atoms with Crippen LogP contribution >= 0.6 is 23.2 Å². The molecule has 3 aromatic carbocycles. The number of rotatable bonds is 2. The Morgan fingerprint density at radius 3 is 2.14 bits per heavy atom. The van der Waals surface area contributed by atoms with Gasteiger partial charge in [-0.15, -0.1) is 0 Å². The van der Waals surface area contributed by atoms with E-state index in [2.05, 4.69) is 0 Å². The lowest BCUT2D eigenvalue weighted by Gasteiger charge is -2.27. The van der Waals surface area contributed by atoms with Crippen LogP contribution in [0.3, 0.4) is 0 Å². The summed E-state index contributed by atoms with van der Waals surface area (Å²) in [6, 6.07) is 18.1. The molecule has 2 fully saturated rings. The van der Waals surface area contributed by atoms with Crippen LogP contribution in [0.1, 0.15) is 37.9 Å². The van der Waals surface area contributed by atoms with Crippen molar-refractivity contribution in [3.63, 3.8) is 0 Å². The van der Waals surface area contributed by atoms with E-state index in [0.717, 1.165) is 10.5 Å². The Morgan fingerprint density at radius 1 is 0.829 bits per heavy atom. The van der Waals surface area contributed by atoms with Crippen LogP contribution in [0.2, 0.25) is 10.0 Å². The molecule has 2 aliphatic heterocycles. The van der Waals surface area contributed by atoms with E-state index in [1.807, 2.05) is 19.1 Å². The molecule has 0 radical (unpaired) electrons. The standard InChI is InChI=1S/C27H17Cl2NO5/c1-13-5-4-6-14(11-13)22-20-21(26(34)30(25(20)33)19-10-9-15(28)12-18(19)29)27(35-22)23(31)16-7-2-3-8-17(16)24(27)32/h2-12,20-22H,1H3/t20-,21+,22+/m1/s1. The number of nitrogens with zero attached hydrogens (tertiary/aromatic N) is 1. The maximum atomic E-state index is 13.9. The zero-order chi connectivity index (χ0) is 24.6. The third kappa shape index (κ3) is 2.88. The highest BCUT2D eigenvalue weighted by Gasteiger charge is 2.74. The second-order valence-corrected chi connectivity index (χ2v) is 9.85. The molecule has 2 saturated heterocycles. The van der Waals surface area contributed by atoms with E-state index < -0.39 is 46.9 Å². The molecular formula is C27H17Cl2NO5. The predicted molar refractivity (Wildman–Crippen MR) is 129 cm³/mol. The number of carbonyl (C=O) groups excluding carboxylic acids is 4. The van der Waals surface area contributed by atoms with Gasteiger partial charge < -0.3 is 4.74 Å². The number of anilines is 1. The van der Waals surface area contributed by atoms with Crippen molar-refractivity contribution in [2.45, 2.75) is 18.6 Å². The van der Waals surface area contributed by atoms with Crippen molar-refractivity contribution in [2.24, 2.45) is 11.8 Å². The van der Waals surface area contributed by atoms with Crippen molar-refractivity contribution in [1.82, 2.24) is 0 Å². The Hall–Kier alpha value is -3.32. The lowest BCUT2D eigenvalue weighted by Crippen LogP contribution is -2.51. The molecule has 0 bridgehead atoms. The van der Waals surface area contributed by atoms with Gasteiger partial charge in [-0.2, -0.15) is 0 Å². The third-order valence-electron chi connectivity index (χ3n) is 7.04. The number of fused-ring (bicyclic) bond motifs is 3. The Balaban J connectivity index is 1.56. The van der Waals surface area contributed by atoms with Gasteiger partial charge in [0.2, 0.25) is 29.0 Å². The van der Waals surface area contributed by atoms with Crippen LogP contribution in [0.4, 0.5) is 5.69 Å². The first kappa shape index (κ1) is 22.2. The van der Waals surface area contributed by atoms with Gasteiger partial charge in [-0.3, -0.25) is 19.2 Å². The Morgan fingerprint density at radius 2 is 1.51 bits per heavy atom. The van der Waals surface area contributed by atoms with Crippen LogP contribution < -0.4 is 4.90 Å². The van der Waals surface area contributed by atoms with Gasteiger partial charge >= 0.3 is 0 Å². The average molecular weight is 506 g/mol. The van der Waals surface area contributed by atoms with Gasteiger partial charge in [0, 0.05) is 16.1 Å². The van der Waals surface area contributed by atoms with Crippen molar-refractivity contribution < 1.29 is 23.9 Å². The first-order valence-corrected chi connectivity index (χ1v) is 11.8. The molecule has 6 rings (SSSR count). The van der Waals surface area contributed by atoms with E-state index in [1.165, 1.54) is 30.3 Å². The van der Waals surface area contributed by atoms with Crippen LogP contribution in [0.15, 0.2) is 66.7 Å². The number of benzene rings is 3. The summed E-state index contributed by atoms with van der Waals surface area (Å²) in [5.41, 5.74) is -0.0879. The average Bonchev–Trinajstić information content (AvgIpc) is 3.40. The lowest BCUT2D eigenvalue weighted by molar-refractivity contribution is -0.127. The third-order valence-corrected chi connectivity index (χ3v) is 7.58. The van der Waals surface area contributed by atoms with Gasteiger partial charge in [0.1, 0.15) is 0 Å². The summed E-state index contributed by atoms with van der Waals surface area (Å²) in [7, 11) is 0. The molecule has 1 spiro atoms. The monoisotopic (exact) mass is 505 g/mol. The SMILES string of the molecule is Cc1cccc([C@@H]2OC3(C(=O)c4ccccc4C3=O)[C@@H]3C(=O)N(c4ccc(Cl)cc4Cl)C(=O)[C@H]32)c1. The van der Waals surface area contributed by atoms with Gasteiger partial charge in [-0.1, -0.05) is 77.3 Å². The smallest absolute Gasteiger partial charge is 0.241 e. The van der Waals surface area contributed by atoms with E-state index in [4.69, 9.17) is 27.9 Å². The zero-order valence-corrected chi connectivity index (χ0v) is 19.8. The normalized spacial score (nSPS) is 24.4. The minimum atomic E-state index is -2.12. The fourth-order valence-electron chi connectivity index (χ4n) is 5.57. The number of halogens is 2. The van der Waals surface area contributed by atoms with Crippen molar-refractivity contribution >= 4 is 52.3 Å². The summed E-state index contributed by atoms with van der Waals surface area (Å²) in [6.07, 6.45) is -0.977. The molecule has 174 valence electrons. The Bertz CT molecular complexity index is 1450. The number of imide groups is 1. The van der Waals surface area contributed by atoms with E-state index in [-0.39, 0.29) is 21.8 Å². The maximum Gasteiger partial charge on any atom is 0.241 e. The molecule has 3 atom stereocenters. The molecule has 0 saturated carbocycles. The maximum absolute atomic E-state index is 13.9. The highest BCUT2D eigenvalue weighted by Crippen LogP contribution is 2.58. The van der Waals surface area contributed by atoms with Crippen LogP contribution in [0.25, 0.3) is 0 Å². The number of aryl methyl sites for hydroxylation is 1. The molecule has 8 heteroatoms.